The summed E-state index contributed by atoms with van der Waals surface area (Å²) in [7, 11) is 0. The fourth-order valence-electron chi connectivity index (χ4n) is 10.6. The largest absolute Gasteiger partial charge is 0.463 e. The molecule has 10 atom stereocenters. The first-order chi connectivity index (χ1) is 20.6. The van der Waals surface area contributed by atoms with Gasteiger partial charge in [-0.2, -0.15) is 0 Å². The van der Waals surface area contributed by atoms with Crippen molar-refractivity contribution in [1.29, 1.82) is 0 Å². The minimum Gasteiger partial charge on any atom is -0.463 e. The molecule has 7 nitrogen and oxygen atoms in total. The Morgan fingerprint density at radius 2 is 1.60 bits per heavy atom. The van der Waals surface area contributed by atoms with Crippen LogP contribution >= 0.6 is 0 Å². The average molecular weight is 605 g/mol. The van der Waals surface area contributed by atoms with Crippen molar-refractivity contribution in [3.05, 3.63) is 0 Å². The lowest BCUT2D eigenvalue weighted by atomic mass is 9.43. The third-order valence-electron chi connectivity index (χ3n) is 12.9. The van der Waals surface area contributed by atoms with Gasteiger partial charge in [0.1, 0.15) is 0 Å². The van der Waals surface area contributed by atoms with Crippen LogP contribution in [0.15, 0.2) is 0 Å². The maximum absolute atomic E-state index is 12.3. The van der Waals surface area contributed by atoms with E-state index in [1.54, 1.807) is 0 Å². The molecule has 0 aromatic carbocycles. The Bertz CT molecular complexity index is 856. The molecule has 0 bridgehead atoms. The molecule has 0 amide bonds. The number of nitrogens with one attached hydrogen (secondary N) is 3. The van der Waals surface area contributed by atoms with E-state index in [9.17, 15) is 9.90 Å². The van der Waals surface area contributed by atoms with Gasteiger partial charge < -0.3 is 31.5 Å². The van der Waals surface area contributed by atoms with E-state index in [-0.39, 0.29) is 23.6 Å². The van der Waals surface area contributed by atoms with Gasteiger partial charge in [0.05, 0.1) is 12.2 Å². The quantitative estimate of drug-likeness (QED) is 0.114. The summed E-state index contributed by atoms with van der Waals surface area (Å²) in [6, 6.07) is 0.652. The van der Waals surface area contributed by atoms with Crippen LogP contribution in [0.5, 0.6) is 0 Å². The minimum absolute atomic E-state index is 0.0144. The predicted molar refractivity (Wildman–Crippen MR) is 177 cm³/mol. The van der Waals surface area contributed by atoms with Crippen LogP contribution in [0.4, 0.5) is 0 Å². The summed E-state index contributed by atoms with van der Waals surface area (Å²) in [5.41, 5.74) is 5.89. The second kappa shape index (κ2) is 16.2. The molecule has 0 radical (unpaired) electrons. The summed E-state index contributed by atoms with van der Waals surface area (Å²) in [6.07, 6.45) is 14.6. The number of hydrogen-bond donors (Lipinski definition) is 5. The van der Waals surface area contributed by atoms with E-state index in [0.717, 1.165) is 70.4 Å². The zero-order valence-corrected chi connectivity index (χ0v) is 28.5. The van der Waals surface area contributed by atoms with Crippen LogP contribution in [-0.4, -0.2) is 68.6 Å². The van der Waals surface area contributed by atoms with Gasteiger partial charge in [0.15, 0.2) is 0 Å². The van der Waals surface area contributed by atoms with E-state index in [1.807, 2.05) is 13.8 Å². The Labute approximate surface area is 264 Å². The Morgan fingerprint density at radius 1 is 0.907 bits per heavy atom. The second-order valence-electron chi connectivity index (χ2n) is 15.8. The molecule has 0 aromatic heterocycles. The number of rotatable bonds is 17. The second-order valence-corrected chi connectivity index (χ2v) is 15.8. The van der Waals surface area contributed by atoms with Crippen LogP contribution in [0.1, 0.15) is 118 Å². The van der Waals surface area contributed by atoms with Crippen molar-refractivity contribution in [2.24, 2.45) is 52.1 Å². The number of carbonyl (C=O) groups excluding carboxylic acids is 1. The van der Waals surface area contributed by atoms with Crippen molar-refractivity contribution < 1.29 is 14.6 Å². The maximum Gasteiger partial charge on any atom is 0.306 e. The van der Waals surface area contributed by atoms with Crippen molar-refractivity contribution in [3.63, 3.8) is 0 Å². The van der Waals surface area contributed by atoms with Crippen LogP contribution in [0, 0.1) is 46.3 Å². The molecule has 6 N–H and O–H groups in total. The van der Waals surface area contributed by atoms with Crippen molar-refractivity contribution in [2.45, 2.75) is 136 Å². The van der Waals surface area contributed by atoms with Crippen LogP contribution < -0.4 is 21.7 Å². The molecule has 0 aromatic rings. The van der Waals surface area contributed by atoms with Crippen LogP contribution in [0.2, 0.25) is 0 Å². The lowest BCUT2D eigenvalue weighted by Crippen LogP contribution is -2.59. The normalized spacial score (nSPS) is 37.9. The van der Waals surface area contributed by atoms with Gasteiger partial charge in [-0.15, -0.1) is 0 Å². The van der Waals surface area contributed by atoms with Crippen molar-refractivity contribution in [1.82, 2.24) is 16.0 Å². The summed E-state index contributed by atoms with van der Waals surface area (Å²) in [5, 5.41) is 22.9. The molecule has 0 aliphatic heterocycles. The van der Waals surface area contributed by atoms with E-state index < -0.39 is 0 Å². The molecule has 5 unspecified atom stereocenters. The van der Waals surface area contributed by atoms with E-state index in [1.165, 1.54) is 57.8 Å². The molecule has 7 heteroatoms. The monoisotopic (exact) mass is 605 g/mol. The molecule has 250 valence electrons. The maximum atomic E-state index is 12.3. The summed E-state index contributed by atoms with van der Waals surface area (Å²) < 4.78 is 5.41. The number of hydrogen-bond acceptors (Lipinski definition) is 7. The van der Waals surface area contributed by atoms with Crippen molar-refractivity contribution >= 4 is 5.97 Å². The van der Waals surface area contributed by atoms with Gasteiger partial charge in [-0.3, -0.25) is 4.79 Å². The zero-order chi connectivity index (χ0) is 31.0. The number of aliphatic hydroxyl groups is 1. The molecule has 4 saturated carbocycles. The molecule has 0 spiro atoms. The van der Waals surface area contributed by atoms with Gasteiger partial charge in [-0.25, -0.2) is 0 Å². The highest BCUT2D eigenvalue weighted by Gasteiger charge is 2.63. The Balaban J connectivity index is 1.22. The lowest BCUT2D eigenvalue weighted by molar-refractivity contribution is -0.170. The van der Waals surface area contributed by atoms with Gasteiger partial charge in [-0.05, 0) is 177 Å². The van der Waals surface area contributed by atoms with Gasteiger partial charge in [0, 0.05) is 12.5 Å². The topological polar surface area (TPSA) is 109 Å². The van der Waals surface area contributed by atoms with Gasteiger partial charge in [0.25, 0.3) is 0 Å². The van der Waals surface area contributed by atoms with Gasteiger partial charge >= 0.3 is 5.97 Å². The molecular weight excluding hydrogens is 536 g/mol. The van der Waals surface area contributed by atoms with E-state index >= 15 is 0 Å². The van der Waals surface area contributed by atoms with Crippen LogP contribution in [-0.2, 0) is 9.53 Å². The first-order valence-electron chi connectivity index (χ1n) is 18.3. The number of aliphatic hydroxyl groups excluding tert-OH is 1. The molecule has 4 aliphatic rings. The first-order valence-corrected chi connectivity index (χ1v) is 18.3. The van der Waals surface area contributed by atoms with Crippen LogP contribution in [0.3, 0.4) is 0 Å². The number of ether oxygens (including phenoxy) is 1. The lowest BCUT2D eigenvalue weighted by Gasteiger charge is -2.62. The smallest absolute Gasteiger partial charge is 0.306 e. The highest BCUT2D eigenvalue weighted by molar-refractivity contribution is 5.69. The third kappa shape index (κ3) is 8.36. The zero-order valence-electron chi connectivity index (χ0n) is 28.5. The summed E-state index contributed by atoms with van der Waals surface area (Å²) in [6.45, 7) is 17.3. The van der Waals surface area contributed by atoms with E-state index in [4.69, 9.17) is 10.5 Å². The molecule has 0 saturated heterocycles. The number of esters is 1. The van der Waals surface area contributed by atoms with E-state index in [2.05, 4.69) is 36.7 Å². The first kappa shape index (κ1) is 35.1. The molecule has 4 fully saturated rings. The minimum atomic E-state index is -0.225. The molecule has 4 aliphatic carbocycles. The molecule has 43 heavy (non-hydrogen) atoms. The summed E-state index contributed by atoms with van der Waals surface area (Å²) in [4.78, 5) is 12.3. The molecule has 4 rings (SSSR count). The third-order valence-corrected chi connectivity index (χ3v) is 12.9. The van der Waals surface area contributed by atoms with Crippen molar-refractivity contribution in [3.8, 4) is 0 Å². The standard InChI is InChI=1S/C36H68N4O3/c1-25(2)43-34(42)14-9-26(3)30-12-13-31-29-11-10-27-23-28(40-22-8-21-39-20-7-19-38-18-6-17-37)15-16-35(27,4)32(29)24-33(41)36(30,31)5/h25-33,38-41H,6-24,37H2,1-5H3/t26-,27?,28+,29?,30?,31?,32?,33+,35+,36-/m1/s1. The molecular formula is C36H68N4O3. The summed E-state index contributed by atoms with van der Waals surface area (Å²) >= 11 is 0. The number of carbonyl (C=O) groups is 1. The highest BCUT2D eigenvalue weighted by Crippen LogP contribution is 2.68. The van der Waals surface area contributed by atoms with Gasteiger partial charge in [0.2, 0.25) is 0 Å². The fourth-order valence-corrected chi connectivity index (χ4v) is 10.6. The van der Waals surface area contributed by atoms with Crippen molar-refractivity contribution in [2.75, 3.05) is 39.3 Å². The van der Waals surface area contributed by atoms with Gasteiger partial charge in [-0.1, -0.05) is 20.8 Å². The number of fused-ring (bicyclic) bond motifs is 5. The predicted octanol–water partition coefficient (Wildman–Crippen LogP) is 5.25. The Kier molecular flexibility index (Phi) is 13.2. The number of nitrogens with two attached hydrogens (primary N) is 1. The molecule has 0 heterocycles. The van der Waals surface area contributed by atoms with E-state index in [0.29, 0.717) is 41.5 Å². The SMILES string of the molecule is CC(C)OC(=O)CC[C@@H](C)C1CCC2C3CCC4C[C@@H](NCCCNCCCNCCCN)CC[C@]4(C)C3C[C@H](O)[C@@]21C. The summed E-state index contributed by atoms with van der Waals surface area (Å²) in [5.74, 6) is 3.68. The fraction of sp³-hybridized carbons (Fsp3) is 0.972. The highest BCUT2D eigenvalue weighted by atomic mass is 16.5. The Hall–Kier alpha value is -0.730. The average Bonchev–Trinajstić information content (AvgIpc) is 3.33. The Morgan fingerprint density at radius 3 is 2.30 bits per heavy atom. The van der Waals surface area contributed by atoms with Crippen LogP contribution in [0.25, 0.3) is 0 Å².